The standard InChI is InChI=1S/C16H23NOS/c1-18-13-7-5-12-6-8-16(15(12)10-13)17-11-14-4-2-3-9-19-14/h5,7,10,14,16-17H,2-4,6,8-9,11H2,1H3. The van der Waals surface area contributed by atoms with Gasteiger partial charge in [0.05, 0.1) is 7.11 Å². The Labute approximate surface area is 120 Å². The fourth-order valence-corrected chi connectivity index (χ4v) is 4.41. The maximum absolute atomic E-state index is 5.35. The lowest BCUT2D eigenvalue weighted by molar-refractivity contribution is 0.413. The number of methoxy groups -OCH3 is 1. The minimum atomic E-state index is 0.535. The molecule has 2 unspecified atom stereocenters. The molecular formula is C16H23NOS. The van der Waals surface area contributed by atoms with Gasteiger partial charge < -0.3 is 10.1 Å². The van der Waals surface area contributed by atoms with Gasteiger partial charge >= 0.3 is 0 Å². The molecule has 1 heterocycles. The van der Waals surface area contributed by atoms with Crippen LogP contribution in [0.5, 0.6) is 5.75 Å². The molecule has 19 heavy (non-hydrogen) atoms. The lowest BCUT2D eigenvalue weighted by atomic mass is 10.1. The molecule has 0 spiro atoms. The zero-order chi connectivity index (χ0) is 13.1. The Morgan fingerprint density at radius 2 is 2.26 bits per heavy atom. The van der Waals surface area contributed by atoms with Gasteiger partial charge in [-0.05, 0) is 54.7 Å². The van der Waals surface area contributed by atoms with Crippen LogP contribution in [0.4, 0.5) is 0 Å². The number of ether oxygens (including phenoxy) is 1. The predicted molar refractivity (Wildman–Crippen MR) is 82.2 cm³/mol. The van der Waals surface area contributed by atoms with Crippen molar-refractivity contribution in [3.05, 3.63) is 29.3 Å². The van der Waals surface area contributed by atoms with Gasteiger partial charge in [0.15, 0.2) is 0 Å². The number of benzene rings is 1. The Hall–Kier alpha value is -0.670. The van der Waals surface area contributed by atoms with E-state index in [2.05, 4.69) is 35.3 Å². The van der Waals surface area contributed by atoms with Crippen molar-refractivity contribution in [2.75, 3.05) is 19.4 Å². The van der Waals surface area contributed by atoms with Gasteiger partial charge in [-0.25, -0.2) is 0 Å². The highest BCUT2D eigenvalue weighted by Gasteiger charge is 2.24. The number of fused-ring (bicyclic) bond motifs is 1. The Balaban J connectivity index is 1.61. The number of nitrogens with one attached hydrogen (secondary N) is 1. The van der Waals surface area contributed by atoms with E-state index in [9.17, 15) is 0 Å². The van der Waals surface area contributed by atoms with Crippen LogP contribution in [0.2, 0.25) is 0 Å². The molecule has 0 aromatic heterocycles. The van der Waals surface area contributed by atoms with Crippen molar-refractivity contribution < 1.29 is 4.74 Å². The van der Waals surface area contributed by atoms with Crippen LogP contribution in [-0.4, -0.2) is 24.7 Å². The average Bonchev–Trinajstić information content (AvgIpc) is 2.88. The van der Waals surface area contributed by atoms with Crippen LogP contribution in [0.1, 0.15) is 42.9 Å². The lowest BCUT2D eigenvalue weighted by Gasteiger charge is -2.24. The monoisotopic (exact) mass is 277 g/mol. The smallest absolute Gasteiger partial charge is 0.119 e. The maximum Gasteiger partial charge on any atom is 0.119 e. The summed E-state index contributed by atoms with van der Waals surface area (Å²) in [5, 5.41) is 4.61. The minimum absolute atomic E-state index is 0.535. The van der Waals surface area contributed by atoms with Gasteiger partial charge in [0, 0.05) is 17.8 Å². The third-order valence-corrected chi connectivity index (χ3v) is 5.69. The molecule has 0 saturated carbocycles. The minimum Gasteiger partial charge on any atom is -0.497 e. The fraction of sp³-hybridized carbons (Fsp3) is 0.625. The summed E-state index contributed by atoms with van der Waals surface area (Å²) in [5.41, 5.74) is 2.95. The van der Waals surface area contributed by atoms with Crippen LogP contribution in [0.25, 0.3) is 0 Å². The molecule has 1 fully saturated rings. The average molecular weight is 277 g/mol. The van der Waals surface area contributed by atoms with Crippen molar-refractivity contribution in [2.45, 2.75) is 43.4 Å². The molecule has 2 nitrogen and oxygen atoms in total. The van der Waals surface area contributed by atoms with Gasteiger partial charge in [0.25, 0.3) is 0 Å². The van der Waals surface area contributed by atoms with Crippen LogP contribution in [0.15, 0.2) is 18.2 Å². The van der Waals surface area contributed by atoms with Crippen molar-refractivity contribution in [3.63, 3.8) is 0 Å². The van der Waals surface area contributed by atoms with Gasteiger partial charge in [-0.15, -0.1) is 0 Å². The number of thioether (sulfide) groups is 1. The van der Waals surface area contributed by atoms with Crippen LogP contribution in [0, 0.1) is 0 Å². The molecule has 1 saturated heterocycles. The topological polar surface area (TPSA) is 21.3 Å². The Kier molecular flexibility index (Phi) is 4.34. The fourth-order valence-electron chi connectivity index (χ4n) is 3.16. The number of hydrogen-bond acceptors (Lipinski definition) is 3. The summed E-state index contributed by atoms with van der Waals surface area (Å²) < 4.78 is 5.35. The van der Waals surface area contributed by atoms with Gasteiger partial charge in [-0.3, -0.25) is 0 Å². The second-order valence-electron chi connectivity index (χ2n) is 5.55. The molecule has 1 aromatic carbocycles. The normalized spacial score (nSPS) is 26.2. The summed E-state index contributed by atoms with van der Waals surface area (Å²) in [7, 11) is 1.75. The van der Waals surface area contributed by atoms with Gasteiger partial charge in [-0.2, -0.15) is 11.8 Å². The molecule has 0 bridgehead atoms. The second kappa shape index (κ2) is 6.19. The number of aryl methyl sites for hydroxylation is 1. The van der Waals surface area contributed by atoms with Gasteiger partial charge in [0.2, 0.25) is 0 Å². The van der Waals surface area contributed by atoms with E-state index < -0.39 is 0 Å². The highest BCUT2D eigenvalue weighted by atomic mass is 32.2. The molecule has 1 N–H and O–H groups in total. The predicted octanol–water partition coefficient (Wildman–Crippen LogP) is 3.56. The van der Waals surface area contributed by atoms with E-state index in [0.29, 0.717) is 6.04 Å². The molecule has 3 rings (SSSR count). The molecule has 3 heteroatoms. The first-order valence-corrected chi connectivity index (χ1v) is 8.43. The first-order chi connectivity index (χ1) is 9.36. The first-order valence-electron chi connectivity index (χ1n) is 7.38. The highest BCUT2D eigenvalue weighted by molar-refractivity contribution is 7.99. The lowest BCUT2D eigenvalue weighted by Crippen LogP contribution is -2.29. The quantitative estimate of drug-likeness (QED) is 0.909. The van der Waals surface area contributed by atoms with E-state index in [1.54, 1.807) is 7.11 Å². The van der Waals surface area contributed by atoms with Crippen LogP contribution < -0.4 is 10.1 Å². The summed E-state index contributed by atoms with van der Waals surface area (Å²) in [4.78, 5) is 0. The van der Waals surface area contributed by atoms with Crippen LogP contribution in [0.3, 0.4) is 0 Å². The van der Waals surface area contributed by atoms with E-state index in [1.807, 2.05) is 0 Å². The third-order valence-electron chi connectivity index (χ3n) is 4.30. The zero-order valence-corrected chi connectivity index (χ0v) is 12.5. The molecule has 1 aromatic rings. The summed E-state index contributed by atoms with van der Waals surface area (Å²) >= 11 is 2.15. The molecular weight excluding hydrogens is 254 g/mol. The largest absolute Gasteiger partial charge is 0.497 e. The Morgan fingerprint density at radius 3 is 3.05 bits per heavy atom. The first kappa shape index (κ1) is 13.3. The summed E-state index contributed by atoms with van der Waals surface area (Å²) in [6.45, 7) is 1.16. The molecule has 2 atom stereocenters. The third kappa shape index (κ3) is 3.09. The van der Waals surface area contributed by atoms with Crippen molar-refractivity contribution in [3.8, 4) is 5.75 Å². The number of hydrogen-bond donors (Lipinski definition) is 1. The molecule has 2 aliphatic rings. The van der Waals surface area contributed by atoms with Crippen molar-refractivity contribution >= 4 is 11.8 Å². The van der Waals surface area contributed by atoms with E-state index in [4.69, 9.17) is 4.74 Å². The van der Waals surface area contributed by atoms with Crippen molar-refractivity contribution in [1.82, 2.24) is 5.32 Å². The maximum atomic E-state index is 5.35. The van der Waals surface area contributed by atoms with Crippen LogP contribution >= 0.6 is 11.8 Å². The summed E-state index contributed by atoms with van der Waals surface area (Å²) in [6, 6.07) is 7.06. The Morgan fingerprint density at radius 1 is 1.32 bits per heavy atom. The van der Waals surface area contributed by atoms with Gasteiger partial charge in [0.1, 0.15) is 5.75 Å². The number of rotatable bonds is 4. The molecule has 1 aliphatic carbocycles. The SMILES string of the molecule is COc1ccc2c(c1)C(NCC1CCCCS1)CC2. The van der Waals surface area contributed by atoms with Crippen molar-refractivity contribution in [1.29, 1.82) is 0 Å². The summed E-state index contributed by atoms with van der Waals surface area (Å²) in [6.07, 6.45) is 6.64. The van der Waals surface area contributed by atoms with Crippen LogP contribution in [-0.2, 0) is 6.42 Å². The van der Waals surface area contributed by atoms with E-state index in [-0.39, 0.29) is 0 Å². The van der Waals surface area contributed by atoms with E-state index in [1.165, 1.54) is 49.0 Å². The molecule has 0 radical (unpaired) electrons. The molecule has 1 aliphatic heterocycles. The highest BCUT2D eigenvalue weighted by Crippen LogP contribution is 2.34. The summed E-state index contributed by atoms with van der Waals surface area (Å²) in [5.74, 6) is 2.33. The second-order valence-corrected chi connectivity index (χ2v) is 6.96. The van der Waals surface area contributed by atoms with Crippen molar-refractivity contribution in [2.24, 2.45) is 0 Å². The van der Waals surface area contributed by atoms with E-state index in [0.717, 1.165) is 17.5 Å². The van der Waals surface area contributed by atoms with Gasteiger partial charge in [-0.1, -0.05) is 12.5 Å². The Bertz CT molecular complexity index is 429. The molecule has 0 amide bonds. The molecule has 104 valence electrons. The van der Waals surface area contributed by atoms with E-state index >= 15 is 0 Å². The zero-order valence-electron chi connectivity index (χ0n) is 11.7.